The van der Waals surface area contributed by atoms with Gasteiger partial charge in [0, 0.05) is 19.6 Å². The first-order valence-electron chi connectivity index (χ1n) is 10.1. The molecule has 1 aliphatic heterocycles. The molecule has 0 saturated carbocycles. The van der Waals surface area contributed by atoms with Crippen LogP contribution >= 0.6 is 0 Å². The molecule has 4 rings (SSSR count). The number of rotatable bonds is 7. The quantitative estimate of drug-likeness (QED) is 0.577. The maximum absolute atomic E-state index is 11.4. The Morgan fingerprint density at radius 1 is 1.13 bits per heavy atom. The lowest BCUT2D eigenvalue weighted by atomic mass is 9.96. The average molecular weight is 413 g/mol. The van der Waals surface area contributed by atoms with Crippen molar-refractivity contribution < 1.29 is 9.53 Å². The van der Waals surface area contributed by atoms with Crippen molar-refractivity contribution in [3.05, 3.63) is 60.9 Å². The SMILES string of the molecule is C#CC(=O)N1CC(CCNc2ncnc(N)c2-c2ccc(Oc3ccccc3)cc2)C1. The lowest BCUT2D eigenvalue weighted by Crippen LogP contribution is -2.49. The average Bonchev–Trinajstić information content (AvgIpc) is 2.76. The monoisotopic (exact) mass is 413 g/mol. The molecule has 1 amide bonds. The lowest BCUT2D eigenvalue weighted by Gasteiger charge is -2.38. The fourth-order valence-corrected chi connectivity index (χ4v) is 3.54. The molecular weight excluding hydrogens is 390 g/mol. The smallest absolute Gasteiger partial charge is 0.298 e. The zero-order chi connectivity index (χ0) is 21.6. The van der Waals surface area contributed by atoms with Gasteiger partial charge in [-0.3, -0.25) is 4.79 Å². The van der Waals surface area contributed by atoms with Crippen molar-refractivity contribution in [1.29, 1.82) is 0 Å². The number of nitrogens with two attached hydrogens (primary N) is 1. The lowest BCUT2D eigenvalue weighted by molar-refractivity contribution is -0.131. The van der Waals surface area contributed by atoms with E-state index in [9.17, 15) is 4.79 Å². The molecule has 0 unspecified atom stereocenters. The minimum Gasteiger partial charge on any atom is -0.457 e. The number of amides is 1. The molecule has 1 fully saturated rings. The van der Waals surface area contributed by atoms with Gasteiger partial charge in [0.1, 0.15) is 29.5 Å². The minimum atomic E-state index is -0.241. The number of aromatic nitrogens is 2. The summed E-state index contributed by atoms with van der Waals surface area (Å²) in [5.74, 6) is 4.94. The van der Waals surface area contributed by atoms with Crippen molar-refractivity contribution in [2.45, 2.75) is 6.42 Å². The molecule has 2 aromatic carbocycles. The first-order valence-corrected chi connectivity index (χ1v) is 10.1. The fourth-order valence-electron chi connectivity index (χ4n) is 3.54. The Morgan fingerprint density at radius 2 is 1.84 bits per heavy atom. The molecule has 7 nitrogen and oxygen atoms in total. The van der Waals surface area contributed by atoms with E-state index in [1.165, 1.54) is 6.33 Å². The van der Waals surface area contributed by atoms with Crippen LogP contribution in [0.15, 0.2) is 60.9 Å². The van der Waals surface area contributed by atoms with Gasteiger partial charge < -0.3 is 20.7 Å². The summed E-state index contributed by atoms with van der Waals surface area (Å²) in [4.78, 5) is 21.6. The number of anilines is 2. The number of hydrogen-bond donors (Lipinski definition) is 2. The molecule has 0 spiro atoms. The molecule has 3 N–H and O–H groups in total. The van der Waals surface area contributed by atoms with Crippen LogP contribution in [-0.4, -0.2) is 40.4 Å². The molecule has 2 heterocycles. The molecule has 7 heteroatoms. The van der Waals surface area contributed by atoms with Gasteiger partial charge in [-0.2, -0.15) is 0 Å². The summed E-state index contributed by atoms with van der Waals surface area (Å²) in [6, 6.07) is 17.3. The van der Waals surface area contributed by atoms with Gasteiger partial charge in [-0.1, -0.05) is 30.3 Å². The summed E-state index contributed by atoms with van der Waals surface area (Å²) in [6.07, 6.45) is 7.50. The van der Waals surface area contributed by atoms with Crippen LogP contribution in [0, 0.1) is 18.3 Å². The summed E-state index contributed by atoms with van der Waals surface area (Å²) < 4.78 is 5.85. The number of nitrogens with one attached hydrogen (secondary N) is 1. The number of nitrogens with zero attached hydrogens (tertiary/aromatic N) is 3. The van der Waals surface area contributed by atoms with Crippen LogP contribution in [0.2, 0.25) is 0 Å². The maximum Gasteiger partial charge on any atom is 0.298 e. The van der Waals surface area contributed by atoms with Crippen LogP contribution in [0.25, 0.3) is 11.1 Å². The van der Waals surface area contributed by atoms with E-state index in [1.54, 1.807) is 4.90 Å². The van der Waals surface area contributed by atoms with E-state index in [-0.39, 0.29) is 5.91 Å². The highest BCUT2D eigenvalue weighted by Gasteiger charge is 2.29. The van der Waals surface area contributed by atoms with Gasteiger partial charge >= 0.3 is 0 Å². The number of ether oxygens (including phenoxy) is 1. The molecule has 0 atom stereocenters. The van der Waals surface area contributed by atoms with Crippen molar-refractivity contribution in [2.75, 3.05) is 30.7 Å². The van der Waals surface area contributed by atoms with Crippen molar-refractivity contribution in [2.24, 2.45) is 5.92 Å². The second-order valence-electron chi connectivity index (χ2n) is 7.36. The van der Waals surface area contributed by atoms with Crippen molar-refractivity contribution >= 4 is 17.5 Å². The second-order valence-corrected chi connectivity index (χ2v) is 7.36. The Morgan fingerprint density at radius 3 is 2.55 bits per heavy atom. The van der Waals surface area contributed by atoms with Gasteiger partial charge in [-0.25, -0.2) is 9.97 Å². The van der Waals surface area contributed by atoms with Gasteiger partial charge in [-0.05, 0) is 48.1 Å². The summed E-state index contributed by atoms with van der Waals surface area (Å²) in [7, 11) is 0. The summed E-state index contributed by atoms with van der Waals surface area (Å²) in [5, 5.41) is 3.36. The van der Waals surface area contributed by atoms with E-state index in [0.717, 1.165) is 29.0 Å². The standard InChI is InChI=1S/C24H23N5O2/c1-2-21(30)29-14-17(15-29)12-13-26-24-22(23(25)27-16-28-24)18-8-10-20(11-9-18)31-19-6-4-3-5-7-19/h1,3-11,16-17H,12-15H2,(H3,25,26,27,28). The molecule has 3 aromatic rings. The Hall–Kier alpha value is -4.05. The number of nitrogen functional groups attached to an aromatic ring is 1. The molecular formula is C24H23N5O2. The molecule has 0 radical (unpaired) electrons. The predicted octanol–water partition coefficient (Wildman–Crippen LogP) is 3.41. The zero-order valence-corrected chi connectivity index (χ0v) is 17.0. The second kappa shape index (κ2) is 9.18. The Kier molecular flexibility index (Phi) is 5.99. The number of terminal acetylenes is 1. The van der Waals surface area contributed by atoms with Crippen LogP contribution in [0.1, 0.15) is 6.42 Å². The van der Waals surface area contributed by atoms with E-state index in [4.69, 9.17) is 16.9 Å². The highest BCUT2D eigenvalue weighted by molar-refractivity contribution is 5.93. The van der Waals surface area contributed by atoms with E-state index >= 15 is 0 Å². The van der Waals surface area contributed by atoms with Crippen LogP contribution in [0.4, 0.5) is 11.6 Å². The molecule has 0 bridgehead atoms. The molecule has 0 aliphatic carbocycles. The van der Waals surface area contributed by atoms with Crippen molar-refractivity contribution in [3.63, 3.8) is 0 Å². The predicted molar refractivity (Wildman–Crippen MR) is 120 cm³/mol. The summed E-state index contributed by atoms with van der Waals surface area (Å²) in [6.45, 7) is 2.11. The number of likely N-dealkylation sites (tertiary alicyclic amines) is 1. The first-order chi connectivity index (χ1) is 15.1. The molecule has 31 heavy (non-hydrogen) atoms. The summed E-state index contributed by atoms with van der Waals surface area (Å²) in [5.41, 5.74) is 7.82. The topological polar surface area (TPSA) is 93.4 Å². The Labute approximate surface area is 181 Å². The number of para-hydroxylation sites is 1. The van der Waals surface area contributed by atoms with Gasteiger partial charge in [0.15, 0.2) is 0 Å². The number of carbonyl (C=O) groups excluding carboxylic acids is 1. The van der Waals surface area contributed by atoms with Crippen molar-refractivity contribution in [3.8, 4) is 35.0 Å². The van der Waals surface area contributed by atoms with Crippen LogP contribution < -0.4 is 15.8 Å². The van der Waals surface area contributed by atoms with Crippen LogP contribution in [-0.2, 0) is 4.79 Å². The summed E-state index contributed by atoms with van der Waals surface area (Å²) >= 11 is 0. The highest BCUT2D eigenvalue weighted by atomic mass is 16.5. The van der Waals surface area contributed by atoms with Gasteiger partial charge in [0.25, 0.3) is 5.91 Å². The molecule has 1 saturated heterocycles. The molecule has 1 aliphatic rings. The van der Waals surface area contributed by atoms with E-state index < -0.39 is 0 Å². The number of carbonyl (C=O) groups is 1. The Balaban J connectivity index is 1.40. The fraction of sp³-hybridized carbons (Fsp3) is 0.208. The normalized spacial score (nSPS) is 13.2. The van der Waals surface area contributed by atoms with Gasteiger partial charge in [-0.15, -0.1) is 6.42 Å². The molecule has 156 valence electrons. The van der Waals surface area contributed by atoms with Gasteiger partial charge in [0.05, 0.1) is 5.56 Å². The third kappa shape index (κ3) is 4.75. The Bertz CT molecular complexity index is 1090. The number of hydrogen-bond acceptors (Lipinski definition) is 6. The maximum atomic E-state index is 11.4. The third-order valence-corrected chi connectivity index (χ3v) is 5.21. The number of benzene rings is 2. The van der Waals surface area contributed by atoms with Crippen molar-refractivity contribution in [1.82, 2.24) is 14.9 Å². The third-order valence-electron chi connectivity index (χ3n) is 5.21. The molecule has 1 aromatic heterocycles. The highest BCUT2D eigenvalue weighted by Crippen LogP contribution is 2.33. The van der Waals surface area contributed by atoms with E-state index in [2.05, 4.69) is 21.2 Å². The minimum absolute atomic E-state index is 0.241. The van der Waals surface area contributed by atoms with E-state index in [1.807, 2.05) is 54.6 Å². The first kappa shape index (κ1) is 20.2. The zero-order valence-electron chi connectivity index (χ0n) is 17.0. The van der Waals surface area contributed by atoms with Gasteiger partial charge in [0.2, 0.25) is 0 Å². The largest absolute Gasteiger partial charge is 0.457 e. The van der Waals surface area contributed by atoms with Crippen LogP contribution in [0.3, 0.4) is 0 Å². The van der Waals surface area contributed by atoms with E-state index in [0.29, 0.717) is 37.2 Å². The van der Waals surface area contributed by atoms with Crippen LogP contribution in [0.5, 0.6) is 11.5 Å².